The Morgan fingerprint density at radius 2 is 2.32 bits per heavy atom. The lowest BCUT2D eigenvalue weighted by Crippen LogP contribution is -2.24. The SMILES string of the molecule is CCCNC(Cc1cc(Br)ccc1F)c1cscn1. The normalized spacial score (nSPS) is 12.6. The van der Waals surface area contributed by atoms with Gasteiger partial charge in [0.15, 0.2) is 0 Å². The molecule has 1 atom stereocenters. The number of thiazole rings is 1. The molecule has 102 valence electrons. The number of rotatable bonds is 6. The van der Waals surface area contributed by atoms with Gasteiger partial charge >= 0.3 is 0 Å². The van der Waals surface area contributed by atoms with Gasteiger partial charge in [-0.2, -0.15) is 0 Å². The Kier molecular flexibility index (Phi) is 5.48. The Bertz CT molecular complexity index is 516. The van der Waals surface area contributed by atoms with Gasteiger partial charge in [0.05, 0.1) is 17.2 Å². The van der Waals surface area contributed by atoms with E-state index in [0.29, 0.717) is 12.0 Å². The molecule has 0 aliphatic carbocycles. The molecule has 1 heterocycles. The van der Waals surface area contributed by atoms with Crippen LogP contribution in [0.3, 0.4) is 0 Å². The number of nitrogens with one attached hydrogen (secondary N) is 1. The van der Waals surface area contributed by atoms with Crippen LogP contribution in [0.25, 0.3) is 0 Å². The van der Waals surface area contributed by atoms with Gasteiger partial charge in [0.1, 0.15) is 5.82 Å². The Balaban J connectivity index is 2.17. The lowest BCUT2D eigenvalue weighted by atomic mass is 10.0. The Morgan fingerprint density at radius 3 is 3.00 bits per heavy atom. The van der Waals surface area contributed by atoms with E-state index in [1.165, 1.54) is 6.07 Å². The van der Waals surface area contributed by atoms with Crippen LogP contribution < -0.4 is 5.32 Å². The number of nitrogens with zero attached hydrogens (tertiary/aromatic N) is 1. The fraction of sp³-hybridized carbons (Fsp3) is 0.357. The third-order valence-electron chi connectivity index (χ3n) is 2.88. The summed E-state index contributed by atoms with van der Waals surface area (Å²) in [6.45, 7) is 3.02. The summed E-state index contributed by atoms with van der Waals surface area (Å²) in [4.78, 5) is 4.34. The zero-order valence-electron chi connectivity index (χ0n) is 10.7. The summed E-state index contributed by atoms with van der Waals surface area (Å²) in [7, 11) is 0. The van der Waals surface area contributed by atoms with Gasteiger partial charge in [0, 0.05) is 9.85 Å². The lowest BCUT2D eigenvalue weighted by molar-refractivity contribution is 0.505. The summed E-state index contributed by atoms with van der Waals surface area (Å²) in [6, 6.07) is 5.12. The quantitative estimate of drug-likeness (QED) is 0.845. The summed E-state index contributed by atoms with van der Waals surface area (Å²) in [5, 5.41) is 5.45. The number of hydrogen-bond donors (Lipinski definition) is 1. The van der Waals surface area contributed by atoms with Gasteiger partial charge in [-0.1, -0.05) is 22.9 Å². The van der Waals surface area contributed by atoms with E-state index in [0.717, 1.165) is 23.1 Å². The zero-order chi connectivity index (χ0) is 13.7. The first kappa shape index (κ1) is 14.6. The second-order valence-corrected chi connectivity index (χ2v) is 5.99. The molecule has 0 bridgehead atoms. The van der Waals surface area contributed by atoms with Crippen LogP contribution in [0.5, 0.6) is 0 Å². The Morgan fingerprint density at radius 1 is 1.47 bits per heavy atom. The van der Waals surface area contributed by atoms with Crippen molar-refractivity contribution in [3.8, 4) is 0 Å². The molecule has 1 N–H and O–H groups in total. The predicted octanol–water partition coefficient (Wildman–Crippen LogP) is 4.33. The maximum Gasteiger partial charge on any atom is 0.126 e. The molecule has 1 unspecified atom stereocenters. The van der Waals surface area contributed by atoms with Crippen molar-refractivity contribution in [2.24, 2.45) is 0 Å². The minimum atomic E-state index is -0.165. The molecule has 1 aromatic carbocycles. The molecular formula is C14H16BrFN2S. The molecule has 0 fully saturated rings. The monoisotopic (exact) mass is 342 g/mol. The highest BCUT2D eigenvalue weighted by molar-refractivity contribution is 9.10. The summed E-state index contributed by atoms with van der Waals surface area (Å²) in [5.41, 5.74) is 3.50. The molecule has 0 spiro atoms. The fourth-order valence-corrected chi connectivity index (χ4v) is 2.93. The van der Waals surface area contributed by atoms with Crippen LogP contribution in [0.1, 0.15) is 30.6 Å². The highest BCUT2D eigenvalue weighted by atomic mass is 79.9. The molecule has 0 amide bonds. The van der Waals surface area contributed by atoms with Crippen LogP contribution in [0.4, 0.5) is 4.39 Å². The van der Waals surface area contributed by atoms with Crippen molar-refractivity contribution in [2.75, 3.05) is 6.54 Å². The van der Waals surface area contributed by atoms with E-state index in [2.05, 4.69) is 33.2 Å². The lowest BCUT2D eigenvalue weighted by Gasteiger charge is -2.17. The van der Waals surface area contributed by atoms with Gasteiger partial charge in [-0.25, -0.2) is 9.37 Å². The number of hydrogen-bond acceptors (Lipinski definition) is 3. The number of benzene rings is 1. The Labute approximate surface area is 125 Å². The van der Waals surface area contributed by atoms with Crippen molar-refractivity contribution in [2.45, 2.75) is 25.8 Å². The second kappa shape index (κ2) is 7.12. The molecule has 2 nitrogen and oxygen atoms in total. The van der Waals surface area contributed by atoms with E-state index in [-0.39, 0.29) is 11.9 Å². The zero-order valence-corrected chi connectivity index (χ0v) is 13.1. The van der Waals surface area contributed by atoms with Crippen molar-refractivity contribution in [1.82, 2.24) is 10.3 Å². The molecule has 2 aromatic rings. The molecule has 0 saturated heterocycles. The maximum atomic E-state index is 13.8. The van der Waals surface area contributed by atoms with Crippen molar-refractivity contribution >= 4 is 27.3 Å². The van der Waals surface area contributed by atoms with Crippen LogP contribution in [-0.4, -0.2) is 11.5 Å². The first-order chi connectivity index (χ1) is 9.20. The highest BCUT2D eigenvalue weighted by Gasteiger charge is 2.15. The van der Waals surface area contributed by atoms with Crippen molar-refractivity contribution in [3.63, 3.8) is 0 Å². The van der Waals surface area contributed by atoms with Crippen LogP contribution in [-0.2, 0) is 6.42 Å². The van der Waals surface area contributed by atoms with E-state index in [1.807, 2.05) is 17.0 Å². The van der Waals surface area contributed by atoms with Crippen LogP contribution in [0.2, 0.25) is 0 Å². The van der Waals surface area contributed by atoms with Crippen LogP contribution >= 0.6 is 27.3 Å². The average Bonchev–Trinajstić information content (AvgIpc) is 2.92. The summed E-state index contributed by atoms with van der Waals surface area (Å²) < 4.78 is 14.7. The second-order valence-electron chi connectivity index (χ2n) is 4.36. The molecule has 0 aliphatic heterocycles. The predicted molar refractivity (Wildman–Crippen MR) is 81.0 cm³/mol. The maximum absolute atomic E-state index is 13.8. The standard InChI is InChI=1S/C14H16BrFN2S/c1-2-5-17-13(14-8-19-9-18-14)7-10-6-11(15)3-4-12(10)16/h3-4,6,8-9,13,17H,2,5,7H2,1H3. The van der Waals surface area contributed by atoms with E-state index >= 15 is 0 Å². The molecule has 0 saturated carbocycles. The van der Waals surface area contributed by atoms with Crippen LogP contribution in [0.15, 0.2) is 33.6 Å². The van der Waals surface area contributed by atoms with Gasteiger partial charge in [0.25, 0.3) is 0 Å². The molecule has 19 heavy (non-hydrogen) atoms. The molecule has 0 radical (unpaired) electrons. The molecule has 2 rings (SSSR count). The minimum absolute atomic E-state index is 0.0648. The first-order valence-corrected chi connectivity index (χ1v) is 7.99. The smallest absolute Gasteiger partial charge is 0.126 e. The summed E-state index contributed by atoms with van der Waals surface area (Å²) in [6.07, 6.45) is 1.65. The first-order valence-electron chi connectivity index (χ1n) is 6.26. The Hall–Kier alpha value is -0.780. The fourth-order valence-electron chi connectivity index (χ4n) is 1.91. The third kappa shape index (κ3) is 4.09. The van der Waals surface area contributed by atoms with Crippen molar-refractivity contribution < 1.29 is 4.39 Å². The molecule has 5 heteroatoms. The van der Waals surface area contributed by atoms with E-state index < -0.39 is 0 Å². The van der Waals surface area contributed by atoms with E-state index in [4.69, 9.17) is 0 Å². The molecule has 1 aromatic heterocycles. The van der Waals surface area contributed by atoms with Crippen molar-refractivity contribution in [3.05, 3.63) is 50.6 Å². The average molecular weight is 343 g/mol. The highest BCUT2D eigenvalue weighted by Crippen LogP contribution is 2.23. The molecular weight excluding hydrogens is 327 g/mol. The van der Waals surface area contributed by atoms with Gasteiger partial charge in [-0.15, -0.1) is 11.3 Å². The molecule has 0 aliphatic rings. The summed E-state index contributed by atoms with van der Waals surface area (Å²) in [5.74, 6) is -0.165. The number of halogens is 2. The van der Waals surface area contributed by atoms with Gasteiger partial charge in [-0.05, 0) is 43.1 Å². The summed E-state index contributed by atoms with van der Waals surface area (Å²) >= 11 is 4.95. The minimum Gasteiger partial charge on any atom is -0.308 e. The van der Waals surface area contributed by atoms with E-state index in [1.54, 1.807) is 17.4 Å². The van der Waals surface area contributed by atoms with Crippen LogP contribution in [0, 0.1) is 5.82 Å². The van der Waals surface area contributed by atoms with E-state index in [9.17, 15) is 4.39 Å². The topological polar surface area (TPSA) is 24.9 Å². The van der Waals surface area contributed by atoms with Gasteiger partial charge < -0.3 is 5.32 Å². The largest absolute Gasteiger partial charge is 0.308 e. The number of aromatic nitrogens is 1. The third-order valence-corrected chi connectivity index (χ3v) is 3.98. The van der Waals surface area contributed by atoms with Crippen molar-refractivity contribution in [1.29, 1.82) is 0 Å². The van der Waals surface area contributed by atoms with Gasteiger partial charge in [0.2, 0.25) is 0 Å². The van der Waals surface area contributed by atoms with Gasteiger partial charge in [-0.3, -0.25) is 0 Å².